The van der Waals surface area contributed by atoms with Crippen LogP contribution in [0.15, 0.2) is 48.5 Å². The normalized spacial score (nSPS) is 43.9. The van der Waals surface area contributed by atoms with Gasteiger partial charge in [0.25, 0.3) is 23.6 Å². The summed E-state index contributed by atoms with van der Waals surface area (Å²) in [5, 5.41) is 14.4. The van der Waals surface area contributed by atoms with Gasteiger partial charge in [0.15, 0.2) is 14.6 Å². The van der Waals surface area contributed by atoms with Crippen molar-refractivity contribution in [3.63, 3.8) is 0 Å². The number of nitrogens with one attached hydrogen (secondary N) is 1. The third-order valence-electron chi connectivity index (χ3n) is 12.6. The van der Waals surface area contributed by atoms with E-state index >= 15 is 0 Å². The second kappa shape index (κ2) is 8.36. The van der Waals surface area contributed by atoms with Crippen LogP contribution >= 0.6 is 43.2 Å². The number of hydrogen-bond acceptors (Lipinski definition) is 10. The Kier molecular flexibility index (Phi) is 5.18. The number of para-hydroxylation sites is 1. The maximum Gasteiger partial charge on any atom is 0.264 e. The molecule has 4 amide bonds. The van der Waals surface area contributed by atoms with E-state index in [9.17, 15) is 24.3 Å². The second-order valence-electron chi connectivity index (χ2n) is 13.8. The van der Waals surface area contributed by atoms with Crippen LogP contribution in [0.2, 0.25) is 0 Å². The second-order valence-corrected chi connectivity index (χ2v) is 19.2. The summed E-state index contributed by atoms with van der Waals surface area (Å²) in [6.45, 7) is 1.47. The Bertz CT molecular complexity index is 1730. The molecule has 0 unspecified atom stereocenters. The predicted octanol–water partition coefficient (Wildman–Crippen LogP) is 2.92. The summed E-state index contributed by atoms with van der Waals surface area (Å²) in [6.07, 6.45) is 1.12. The minimum atomic E-state index is -1.41. The van der Waals surface area contributed by atoms with Gasteiger partial charge in [0.2, 0.25) is 4.87 Å². The molecule has 8 saturated heterocycles. The molecular formula is C32H31N5O5S4. The van der Waals surface area contributed by atoms with Crippen molar-refractivity contribution < 1.29 is 24.3 Å². The Labute approximate surface area is 281 Å². The van der Waals surface area contributed by atoms with Crippen LogP contribution in [0.3, 0.4) is 0 Å². The molecule has 9 aliphatic heterocycles. The van der Waals surface area contributed by atoms with E-state index in [1.165, 1.54) is 48.1 Å². The Morgan fingerprint density at radius 3 is 2.07 bits per heavy atom. The molecule has 238 valence electrons. The van der Waals surface area contributed by atoms with Crippen LogP contribution in [-0.2, 0) is 36.4 Å². The lowest BCUT2D eigenvalue weighted by Crippen LogP contribution is -2.77. The Balaban J connectivity index is 1.29. The van der Waals surface area contributed by atoms with E-state index in [1.807, 2.05) is 47.1 Å². The van der Waals surface area contributed by atoms with Crippen molar-refractivity contribution in [1.82, 2.24) is 19.6 Å². The highest BCUT2D eigenvalue weighted by atomic mass is 33.1. The Morgan fingerprint density at radius 1 is 0.761 bits per heavy atom. The summed E-state index contributed by atoms with van der Waals surface area (Å²) in [6, 6.07) is 16.0. The zero-order valence-electron chi connectivity index (χ0n) is 25.3. The minimum Gasteiger partial charge on any atom is -0.392 e. The highest BCUT2D eigenvalue weighted by Gasteiger charge is 2.87. The van der Waals surface area contributed by atoms with Crippen molar-refractivity contribution in [1.29, 1.82) is 0 Å². The fourth-order valence-corrected chi connectivity index (χ4v) is 18.1. The quantitative estimate of drug-likeness (QED) is 0.466. The van der Waals surface area contributed by atoms with Gasteiger partial charge >= 0.3 is 0 Å². The number of likely N-dealkylation sites (N-methyl/N-ethyl adjacent to an activating group) is 2. The van der Waals surface area contributed by atoms with E-state index in [2.05, 4.69) is 23.5 Å². The number of amides is 4. The number of carbonyl (C=O) groups is 4. The number of carbonyl (C=O) groups excluding carboxylic acids is 4. The molecule has 1 aliphatic carbocycles. The van der Waals surface area contributed by atoms with Crippen molar-refractivity contribution in [3.8, 4) is 0 Å². The molecule has 46 heavy (non-hydrogen) atoms. The summed E-state index contributed by atoms with van der Waals surface area (Å²) in [7, 11) is 9.07. The van der Waals surface area contributed by atoms with Crippen LogP contribution in [0.5, 0.6) is 0 Å². The van der Waals surface area contributed by atoms with Crippen LogP contribution in [0, 0.1) is 0 Å². The van der Waals surface area contributed by atoms with Gasteiger partial charge in [-0.15, -0.1) is 0 Å². The first-order valence-corrected chi connectivity index (χ1v) is 19.9. The number of rotatable bonds is 3. The lowest BCUT2D eigenvalue weighted by Gasteiger charge is -2.58. The molecule has 2 N–H and O–H groups in total. The summed E-state index contributed by atoms with van der Waals surface area (Å²) >= 11 is 0. The zero-order valence-corrected chi connectivity index (χ0v) is 28.6. The van der Waals surface area contributed by atoms with Gasteiger partial charge in [0.1, 0.15) is 6.17 Å². The van der Waals surface area contributed by atoms with E-state index in [0.717, 1.165) is 22.4 Å². The zero-order chi connectivity index (χ0) is 31.8. The number of benzene rings is 2. The largest absolute Gasteiger partial charge is 0.392 e. The van der Waals surface area contributed by atoms with Gasteiger partial charge < -0.3 is 25.1 Å². The van der Waals surface area contributed by atoms with E-state index in [4.69, 9.17) is 0 Å². The molecular weight excluding hydrogens is 663 g/mol. The molecule has 0 radical (unpaired) electrons. The number of piperazine rings is 2. The Hall–Kier alpha value is -2.52. The average molecular weight is 694 g/mol. The van der Waals surface area contributed by atoms with Crippen LogP contribution < -0.4 is 5.32 Å². The van der Waals surface area contributed by atoms with Crippen molar-refractivity contribution >= 4 is 72.5 Å². The van der Waals surface area contributed by atoms with Gasteiger partial charge in [0, 0.05) is 44.1 Å². The third kappa shape index (κ3) is 2.51. The van der Waals surface area contributed by atoms with Gasteiger partial charge in [-0.2, -0.15) is 0 Å². The smallest absolute Gasteiger partial charge is 0.264 e. The highest BCUT2D eigenvalue weighted by Crippen LogP contribution is 2.78. The summed E-state index contributed by atoms with van der Waals surface area (Å²) in [5.41, 5.74) is 2.41. The van der Waals surface area contributed by atoms with E-state index in [-0.39, 0.29) is 23.6 Å². The van der Waals surface area contributed by atoms with Crippen molar-refractivity contribution in [3.05, 3.63) is 65.2 Å². The van der Waals surface area contributed by atoms with E-state index < -0.39 is 49.1 Å². The predicted molar refractivity (Wildman–Crippen MR) is 178 cm³/mol. The molecule has 4 bridgehead atoms. The number of hydrogen-bond donors (Lipinski definition) is 2. The van der Waals surface area contributed by atoms with E-state index in [0.29, 0.717) is 25.7 Å². The lowest BCUT2D eigenvalue weighted by molar-refractivity contribution is -0.167. The van der Waals surface area contributed by atoms with E-state index in [1.54, 1.807) is 19.0 Å². The summed E-state index contributed by atoms with van der Waals surface area (Å²) < 4.78 is 0. The Morgan fingerprint density at radius 2 is 1.35 bits per heavy atom. The first-order valence-electron chi connectivity index (χ1n) is 15.6. The maximum atomic E-state index is 14.9. The number of aliphatic hydroxyl groups excluding tert-OH is 1. The van der Waals surface area contributed by atoms with Crippen LogP contribution in [0.4, 0.5) is 5.69 Å². The summed E-state index contributed by atoms with van der Waals surface area (Å²) in [4.78, 5) is 60.9. The maximum absolute atomic E-state index is 14.9. The first-order chi connectivity index (χ1) is 22.1. The van der Waals surface area contributed by atoms with Crippen molar-refractivity contribution in [2.75, 3.05) is 26.0 Å². The average Bonchev–Trinajstić information content (AvgIpc) is 3.75. The SMILES string of the molecule is CC[C@@]12SS[C@@]3(C[C@]4([C@]56C[C@@]78SS[C@](CO)(C(=O)N7[C@H]5Cc5ccccc56)N(C)C8=O)c5ccccc5N[C@@H]4N3C1=O)C(=O)N2C. The number of nitrogens with zero attached hydrogens (tertiary/aromatic N) is 4. The van der Waals surface area contributed by atoms with Crippen LogP contribution in [0.25, 0.3) is 0 Å². The lowest BCUT2D eigenvalue weighted by atomic mass is 9.53. The molecule has 10 nitrogen and oxygen atoms in total. The van der Waals surface area contributed by atoms with Crippen molar-refractivity contribution in [2.45, 2.75) is 75.1 Å². The standard InChI is InChI=1S/C32H31N5O5S4/c1-4-29-25(41)37-22-28(19-11-7-8-12-20(19)33-22,15-31(37,45-43-29)24(40)34(29)2)27-14-30-23(39)35(3)32(16-38,46-44-30)26(42)36(30)21(27)13-17-9-5-6-10-18(17)27/h5-12,21-22,33,38H,4,13-16H2,1-3H3/t21-,22+,27-,28-,29+,30-,31-,32+/m0/s1. The van der Waals surface area contributed by atoms with Gasteiger partial charge in [0.05, 0.1) is 12.0 Å². The monoisotopic (exact) mass is 693 g/mol. The van der Waals surface area contributed by atoms with Crippen molar-refractivity contribution in [2.24, 2.45) is 0 Å². The van der Waals surface area contributed by atoms with Gasteiger partial charge in [-0.1, -0.05) is 81.8 Å². The number of aliphatic hydroxyl groups is 1. The molecule has 0 aromatic heterocycles. The van der Waals surface area contributed by atoms with Gasteiger partial charge in [-0.3, -0.25) is 24.1 Å². The topological polar surface area (TPSA) is 113 Å². The van der Waals surface area contributed by atoms with Gasteiger partial charge in [-0.05, 0) is 46.4 Å². The molecule has 9 heterocycles. The fourth-order valence-electron chi connectivity index (χ4n) is 10.6. The first kappa shape index (κ1) is 28.5. The molecule has 0 saturated carbocycles. The number of fused-ring (bicyclic) bond motifs is 11. The number of anilines is 1. The molecule has 2 spiro atoms. The summed E-state index contributed by atoms with van der Waals surface area (Å²) in [5.74, 6) is -0.571. The highest BCUT2D eigenvalue weighted by molar-refractivity contribution is 8.78. The molecule has 8 atom stereocenters. The molecule has 12 rings (SSSR count). The molecule has 2 aromatic carbocycles. The van der Waals surface area contributed by atoms with Crippen LogP contribution in [0.1, 0.15) is 42.9 Å². The molecule has 10 aliphatic rings. The third-order valence-corrected chi connectivity index (χ3v) is 20.0. The van der Waals surface area contributed by atoms with Gasteiger partial charge in [-0.25, -0.2) is 0 Å². The molecule has 14 heteroatoms. The fraction of sp³-hybridized carbons (Fsp3) is 0.500. The molecule has 2 aromatic rings. The van der Waals surface area contributed by atoms with Crippen LogP contribution in [-0.4, -0.2) is 101 Å². The minimum absolute atomic E-state index is 0.0712. The molecule has 8 fully saturated rings.